The van der Waals surface area contributed by atoms with E-state index in [-0.39, 0.29) is 18.0 Å². The average Bonchev–Trinajstić information content (AvgIpc) is 2.89. The maximum Gasteiger partial charge on any atom is 0.389 e. The minimum atomic E-state index is -4.32. The molecule has 2 heterocycles. The van der Waals surface area contributed by atoms with E-state index in [2.05, 4.69) is 4.98 Å². The van der Waals surface area contributed by atoms with E-state index in [4.69, 9.17) is 0 Å². The first-order valence-electron chi connectivity index (χ1n) is 7.05. The Balaban J connectivity index is 2.07. The van der Waals surface area contributed by atoms with E-state index in [9.17, 15) is 22.4 Å². The molecule has 0 saturated heterocycles. The van der Waals surface area contributed by atoms with Gasteiger partial charge in [-0.15, -0.1) is 0 Å². The van der Waals surface area contributed by atoms with Gasteiger partial charge in [0.05, 0.1) is 12.0 Å². The molecule has 1 aliphatic rings. The summed E-state index contributed by atoms with van der Waals surface area (Å²) in [5.74, 6) is -1.59. The summed E-state index contributed by atoms with van der Waals surface area (Å²) in [6, 6.07) is 5.50. The van der Waals surface area contributed by atoms with Gasteiger partial charge in [0, 0.05) is 37.0 Å². The molecule has 1 amide bonds. The summed E-state index contributed by atoms with van der Waals surface area (Å²) in [6.07, 6.45) is -3.80. The van der Waals surface area contributed by atoms with Crippen molar-refractivity contribution >= 4 is 5.91 Å². The number of amides is 1. The van der Waals surface area contributed by atoms with Gasteiger partial charge in [0.2, 0.25) is 0 Å². The Hall–Kier alpha value is -2.31. The number of alkyl halides is 3. The van der Waals surface area contributed by atoms with Crippen molar-refractivity contribution in [1.29, 1.82) is 0 Å². The molecule has 122 valence electrons. The van der Waals surface area contributed by atoms with E-state index in [0.29, 0.717) is 16.8 Å². The molecule has 0 aliphatic carbocycles. The van der Waals surface area contributed by atoms with Crippen LogP contribution in [0.3, 0.4) is 0 Å². The Morgan fingerprint density at radius 3 is 2.52 bits per heavy atom. The zero-order chi connectivity index (χ0) is 16.8. The Bertz CT molecular complexity index is 734. The fourth-order valence-electron chi connectivity index (χ4n) is 2.99. The topological polar surface area (TPSA) is 36.1 Å². The van der Waals surface area contributed by atoms with Gasteiger partial charge in [0.15, 0.2) is 0 Å². The Labute approximate surface area is 129 Å². The number of H-pyrrole nitrogens is 1. The van der Waals surface area contributed by atoms with Crippen LogP contribution in [0.4, 0.5) is 17.6 Å². The first-order valence-corrected chi connectivity index (χ1v) is 7.05. The lowest BCUT2D eigenvalue weighted by molar-refractivity contribution is -0.139. The molecule has 7 heteroatoms. The van der Waals surface area contributed by atoms with Crippen molar-refractivity contribution in [2.45, 2.75) is 18.5 Å². The van der Waals surface area contributed by atoms with Crippen LogP contribution in [0, 0.1) is 5.82 Å². The third kappa shape index (κ3) is 2.95. The first-order chi connectivity index (χ1) is 10.8. The zero-order valence-corrected chi connectivity index (χ0v) is 12.2. The van der Waals surface area contributed by atoms with Crippen molar-refractivity contribution in [3.8, 4) is 11.1 Å². The molecule has 1 N–H and O–H groups in total. The summed E-state index contributed by atoms with van der Waals surface area (Å²) in [6.45, 7) is 0.00865. The lowest BCUT2D eigenvalue weighted by Gasteiger charge is -2.30. The average molecular weight is 326 g/mol. The number of hydrogen-bond acceptors (Lipinski definition) is 1. The van der Waals surface area contributed by atoms with Gasteiger partial charge in [-0.1, -0.05) is 12.1 Å². The van der Waals surface area contributed by atoms with E-state index >= 15 is 0 Å². The molecule has 0 radical (unpaired) electrons. The van der Waals surface area contributed by atoms with Crippen molar-refractivity contribution in [1.82, 2.24) is 9.88 Å². The van der Waals surface area contributed by atoms with Crippen molar-refractivity contribution in [2.75, 3.05) is 13.6 Å². The predicted molar refractivity (Wildman–Crippen MR) is 76.6 cm³/mol. The summed E-state index contributed by atoms with van der Waals surface area (Å²) in [7, 11) is 1.48. The van der Waals surface area contributed by atoms with Crippen molar-refractivity contribution in [2.24, 2.45) is 0 Å². The van der Waals surface area contributed by atoms with Gasteiger partial charge in [-0.05, 0) is 17.7 Å². The van der Waals surface area contributed by atoms with Gasteiger partial charge in [-0.25, -0.2) is 4.39 Å². The summed E-state index contributed by atoms with van der Waals surface area (Å²) >= 11 is 0. The largest absolute Gasteiger partial charge is 0.389 e. The van der Waals surface area contributed by atoms with E-state index in [1.165, 1.54) is 42.4 Å². The highest BCUT2D eigenvalue weighted by atomic mass is 19.4. The number of aromatic nitrogens is 1. The number of carbonyl (C=O) groups excluding carboxylic acids is 1. The zero-order valence-electron chi connectivity index (χ0n) is 12.2. The molecule has 1 atom stereocenters. The molecule has 0 bridgehead atoms. The molecular weight excluding hydrogens is 312 g/mol. The number of fused-ring (bicyclic) bond motifs is 1. The summed E-state index contributed by atoms with van der Waals surface area (Å²) in [4.78, 5) is 16.5. The smallest absolute Gasteiger partial charge is 0.363 e. The Morgan fingerprint density at radius 1 is 1.26 bits per heavy atom. The molecule has 1 aromatic heterocycles. The Morgan fingerprint density at radius 2 is 1.91 bits per heavy atom. The van der Waals surface area contributed by atoms with E-state index in [1.54, 1.807) is 0 Å². The number of aromatic amines is 1. The molecule has 0 fully saturated rings. The SMILES string of the molecule is CN1CC(CC(F)(F)F)c2[nH]cc(-c3ccc(F)cc3)c2C1=O. The van der Waals surface area contributed by atoms with E-state index < -0.39 is 24.3 Å². The second kappa shape index (κ2) is 5.40. The second-order valence-corrected chi connectivity index (χ2v) is 5.70. The number of nitrogens with one attached hydrogen (secondary N) is 1. The number of carbonyl (C=O) groups is 1. The number of rotatable bonds is 2. The fourth-order valence-corrected chi connectivity index (χ4v) is 2.99. The molecule has 23 heavy (non-hydrogen) atoms. The minimum absolute atomic E-state index is 0.00865. The third-order valence-electron chi connectivity index (χ3n) is 4.01. The summed E-state index contributed by atoms with van der Waals surface area (Å²) in [5.41, 5.74) is 1.60. The van der Waals surface area contributed by atoms with Crippen LogP contribution in [0.2, 0.25) is 0 Å². The van der Waals surface area contributed by atoms with Gasteiger partial charge >= 0.3 is 6.18 Å². The lowest BCUT2D eigenvalue weighted by Crippen LogP contribution is -2.38. The molecule has 3 rings (SSSR count). The lowest BCUT2D eigenvalue weighted by atomic mass is 9.90. The minimum Gasteiger partial charge on any atom is -0.363 e. The number of benzene rings is 1. The molecule has 0 spiro atoms. The molecular formula is C16H14F4N2O. The van der Waals surface area contributed by atoms with Gasteiger partial charge in [-0.3, -0.25) is 4.79 Å². The van der Waals surface area contributed by atoms with Gasteiger partial charge in [0.25, 0.3) is 5.91 Å². The standard InChI is InChI=1S/C16H14F4N2O/c1-22-8-10(6-16(18,19)20)14-13(15(22)23)12(7-21-14)9-2-4-11(17)5-3-9/h2-5,7,10,21H,6,8H2,1H3. The quantitative estimate of drug-likeness (QED) is 0.834. The molecule has 0 saturated carbocycles. The summed E-state index contributed by atoms with van der Waals surface area (Å²) in [5, 5.41) is 0. The van der Waals surface area contributed by atoms with Crippen LogP contribution in [0.25, 0.3) is 11.1 Å². The van der Waals surface area contributed by atoms with Gasteiger partial charge in [-0.2, -0.15) is 13.2 Å². The highest BCUT2D eigenvalue weighted by molar-refractivity contribution is 6.03. The van der Waals surface area contributed by atoms with Crippen molar-refractivity contribution in [3.63, 3.8) is 0 Å². The highest BCUT2D eigenvalue weighted by Gasteiger charge is 2.40. The first kappa shape index (κ1) is 15.6. The maximum atomic E-state index is 13.0. The fraction of sp³-hybridized carbons (Fsp3) is 0.312. The van der Waals surface area contributed by atoms with Gasteiger partial charge in [0.1, 0.15) is 5.82 Å². The van der Waals surface area contributed by atoms with E-state index in [0.717, 1.165) is 0 Å². The predicted octanol–water partition coefficient (Wildman–Crippen LogP) is 3.94. The van der Waals surface area contributed by atoms with Crippen LogP contribution in [-0.4, -0.2) is 35.6 Å². The number of halogens is 4. The van der Waals surface area contributed by atoms with Crippen molar-refractivity contribution < 1.29 is 22.4 Å². The third-order valence-corrected chi connectivity index (χ3v) is 4.01. The molecule has 3 nitrogen and oxygen atoms in total. The molecule has 2 aromatic rings. The van der Waals surface area contributed by atoms with Crippen LogP contribution in [0.5, 0.6) is 0 Å². The van der Waals surface area contributed by atoms with Gasteiger partial charge < -0.3 is 9.88 Å². The van der Waals surface area contributed by atoms with Crippen LogP contribution in [0.1, 0.15) is 28.4 Å². The number of likely N-dealkylation sites (N-methyl/N-ethyl adjacent to an activating group) is 1. The monoisotopic (exact) mass is 326 g/mol. The molecule has 1 aromatic carbocycles. The highest BCUT2D eigenvalue weighted by Crippen LogP contribution is 2.39. The summed E-state index contributed by atoms with van der Waals surface area (Å²) < 4.78 is 51.4. The number of hydrogen-bond donors (Lipinski definition) is 1. The number of nitrogens with zero attached hydrogens (tertiary/aromatic N) is 1. The maximum absolute atomic E-state index is 13.0. The molecule has 1 aliphatic heterocycles. The van der Waals surface area contributed by atoms with E-state index in [1.807, 2.05) is 0 Å². The van der Waals surface area contributed by atoms with Crippen molar-refractivity contribution in [3.05, 3.63) is 47.5 Å². The molecule has 1 unspecified atom stereocenters. The second-order valence-electron chi connectivity index (χ2n) is 5.70. The Kier molecular flexibility index (Phi) is 3.66. The normalized spacial score (nSPS) is 18.2. The van der Waals surface area contributed by atoms with Crippen LogP contribution >= 0.6 is 0 Å². The van der Waals surface area contributed by atoms with Crippen LogP contribution < -0.4 is 0 Å². The van der Waals surface area contributed by atoms with Crippen LogP contribution in [0.15, 0.2) is 30.5 Å². The van der Waals surface area contributed by atoms with Crippen LogP contribution in [-0.2, 0) is 0 Å².